The summed E-state index contributed by atoms with van der Waals surface area (Å²) in [7, 11) is 0. The summed E-state index contributed by atoms with van der Waals surface area (Å²) in [5.41, 5.74) is 2.49. The zero-order chi connectivity index (χ0) is 21.9. The van der Waals surface area contributed by atoms with Gasteiger partial charge in [0.05, 0.1) is 6.10 Å². The van der Waals surface area contributed by atoms with Gasteiger partial charge in [-0.1, -0.05) is 69.4 Å². The van der Waals surface area contributed by atoms with E-state index in [-0.39, 0.29) is 38.6 Å². The summed E-state index contributed by atoms with van der Waals surface area (Å²) in [5.74, 6) is 0.0151. The SMILES string of the molecule is CCCCCC(O)c1ccc(N(CCCCc2cc[c-]s2)C(=O)c2ccccc2)cc1.[Y]. The van der Waals surface area contributed by atoms with Crippen LogP contribution in [0.2, 0.25) is 0 Å². The van der Waals surface area contributed by atoms with Crippen LogP contribution in [-0.4, -0.2) is 17.6 Å². The van der Waals surface area contributed by atoms with E-state index in [9.17, 15) is 9.90 Å². The molecule has 0 aliphatic rings. The van der Waals surface area contributed by atoms with Crippen LogP contribution in [0.5, 0.6) is 0 Å². The molecule has 1 radical (unpaired) electrons. The summed E-state index contributed by atoms with van der Waals surface area (Å²) >= 11 is 1.66. The monoisotopic (exact) mass is 523 g/mol. The van der Waals surface area contributed by atoms with Crippen molar-refractivity contribution in [2.45, 2.75) is 58.0 Å². The number of aliphatic hydroxyl groups excluding tert-OH is 1. The fraction of sp³-hybridized carbons (Fsp3) is 0.370. The third-order valence-corrected chi connectivity index (χ3v) is 6.38. The summed E-state index contributed by atoms with van der Waals surface area (Å²) in [5, 5.41) is 13.6. The Kier molecular flexibility index (Phi) is 12.4. The molecule has 0 spiro atoms. The summed E-state index contributed by atoms with van der Waals surface area (Å²) in [4.78, 5) is 16.4. The molecule has 1 atom stereocenters. The quantitative estimate of drug-likeness (QED) is 0.209. The molecule has 1 amide bonds. The summed E-state index contributed by atoms with van der Waals surface area (Å²) < 4.78 is 0. The molecule has 5 heteroatoms. The van der Waals surface area contributed by atoms with Gasteiger partial charge < -0.3 is 21.3 Å². The van der Waals surface area contributed by atoms with Gasteiger partial charge in [0, 0.05) is 50.5 Å². The molecule has 32 heavy (non-hydrogen) atoms. The Hall–Kier alpha value is -1.33. The van der Waals surface area contributed by atoms with E-state index in [1.165, 1.54) is 4.88 Å². The van der Waals surface area contributed by atoms with Crippen LogP contribution in [0.3, 0.4) is 0 Å². The molecule has 0 bridgehead atoms. The minimum absolute atomic E-state index is 0. The largest absolute Gasteiger partial charge is 0.388 e. The Bertz CT molecular complexity index is 897. The molecule has 167 valence electrons. The number of amides is 1. The minimum atomic E-state index is -0.443. The van der Waals surface area contributed by atoms with Crippen molar-refractivity contribution in [2.24, 2.45) is 0 Å². The molecule has 0 saturated heterocycles. The van der Waals surface area contributed by atoms with Crippen LogP contribution >= 0.6 is 11.3 Å². The van der Waals surface area contributed by atoms with Gasteiger partial charge in [0.15, 0.2) is 0 Å². The predicted molar refractivity (Wildman–Crippen MR) is 130 cm³/mol. The van der Waals surface area contributed by atoms with E-state index >= 15 is 0 Å². The van der Waals surface area contributed by atoms with Crippen LogP contribution in [-0.2, 0) is 39.1 Å². The molecule has 0 aliphatic heterocycles. The van der Waals surface area contributed by atoms with Crippen molar-refractivity contribution in [2.75, 3.05) is 11.4 Å². The number of benzene rings is 2. The van der Waals surface area contributed by atoms with Gasteiger partial charge >= 0.3 is 0 Å². The summed E-state index contributed by atoms with van der Waals surface area (Å²) in [6.07, 6.45) is 6.62. The number of thiophene rings is 1. The first kappa shape index (κ1) is 26.9. The fourth-order valence-electron chi connectivity index (χ4n) is 3.69. The maximum atomic E-state index is 13.2. The van der Waals surface area contributed by atoms with Crippen molar-refractivity contribution in [3.63, 3.8) is 0 Å². The van der Waals surface area contributed by atoms with E-state index in [2.05, 4.69) is 18.4 Å². The number of aliphatic hydroxyl groups is 1. The van der Waals surface area contributed by atoms with Gasteiger partial charge in [-0.05, 0) is 42.7 Å². The van der Waals surface area contributed by atoms with Crippen molar-refractivity contribution < 1.29 is 42.6 Å². The van der Waals surface area contributed by atoms with Gasteiger partial charge in [-0.2, -0.15) is 6.07 Å². The number of nitrogens with zero attached hydrogens (tertiary/aromatic N) is 1. The average molecular weight is 524 g/mol. The second-order valence-corrected chi connectivity index (χ2v) is 8.87. The van der Waals surface area contributed by atoms with Crippen molar-refractivity contribution in [3.05, 3.63) is 88.1 Å². The van der Waals surface area contributed by atoms with Crippen LogP contribution in [0.15, 0.2) is 66.7 Å². The third-order valence-electron chi connectivity index (χ3n) is 5.52. The Balaban J connectivity index is 0.00000363. The topological polar surface area (TPSA) is 40.5 Å². The Morgan fingerprint density at radius 2 is 1.75 bits per heavy atom. The van der Waals surface area contributed by atoms with Crippen molar-refractivity contribution >= 4 is 22.9 Å². The molecule has 0 fully saturated rings. The number of hydrogen-bond acceptors (Lipinski definition) is 3. The van der Waals surface area contributed by atoms with Gasteiger partial charge in [-0.15, -0.1) is 10.3 Å². The van der Waals surface area contributed by atoms with Gasteiger partial charge in [0.25, 0.3) is 5.91 Å². The maximum absolute atomic E-state index is 13.2. The first-order valence-electron chi connectivity index (χ1n) is 11.3. The number of unbranched alkanes of at least 4 members (excludes halogenated alkanes) is 3. The summed E-state index contributed by atoms with van der Waals surface area (Å²) in [6, 6.07) is 21.4. The van der Waals surface area contributed by atoms with Crippen molar-refractivity contribution in [1.82, 2.24) is 0 Å². The van der Waals surface area contributed by atoms with Gasteiger partial charge in [0.1, 0.15) is 0 Å². The predicted octanol–water partition coefficient (Wildman–Crippen LogP) is 6.83. The fourth-order valence-corrected chi connectivity index (χ4v) is 4.36. The van der Waals surface area contributed by atoms with Crippen molar-refractivity contribution in [1.29, 1.82) is 0 Å². The molecule has 0 aliphatic carbocycles. The number of rotatable bonds is 12. The van der Waals surface area contributed by atoms with Gasteiger partial charge in [-0.3, -0.25) is 4.79 Å². The number of anilines is 1. The Morgan fingerprint density at radius 3 is 2.41 bits per heavy atom. The van der Waals surface area contributed by atoms with E-state index in [1.807, 2.05) is 65.6 Å². The van der Waals surface area contributed by atoms with E-state index in [1.54, 1.807) is 11.3 Å². The van der Waals surface area contributed by atoms with Crippen LogP contribution in [0, 0.1) is 5.38 Å². The zero-order valence-corrected chi connectivity index (χ0v) is 22.5. The molecule has 3 rings (SSSR count). The smallest absolute Gasteiger partial charge is 0.258 e. The van der Waals surface area contributed by atoms with E-state index in [0.717, 1.165) is 56.2 Å². The zero-order valence-electron chi connectivity index (χ0n) is 18.9. The first-order chi connectivity index (χ1) is 15.2. The van der Waals surface area contributed by atoms with E-state index in [4.69, 9.17) is 0 Å². The van der Waals surface area contributed by atoms with E-state index in [0.29, 0.717) is 12.1 Å². The standard InChI is InChI=1S/C27H32NO2S.Y/c1-2-3-5-15-26(29)22-16-18-24(19-17-22)28(27(30)23-11-6-4-7-12-23)20-9-8-13-25-14-10-21-31-25;/h4,6-7,10-12,14,16-19,26,29H,2-3,5,8-9,13,15,20H2,1H3;/q-1;. The van der Waals surface area contributed by atoms with Gasteiger partial charge in [-0.25, -0.2) is 6.07 Å². The number of carbonyl (C=O) groups is 1. The minimum Gasteiger partial charge on any atom is -0.388 e. The van der Waals surface area contributed by atoms with Crippen LogP contribution < -0.4 is 4.90 Å². The molecule has 2 aromatic carbocycles. The second kappa shape index (κ2) is 14.7. The number of aryl methyl sites for hydroxylation is 1. The van der Waals surface area contributed by atoms with Gasteiger partial charge in [0.2, 0.25) is 0 Å². The molecular weight excluding hydrogens is 491 g/mol. The van der Waals surface area contributed by atoms with Crippen LogP contribution in [0.1, 0.15) is 72.4 Å². The molecule has 1 unspecified atom stereocenters. The molecule has 1 aromatic heterocycles. The molecule has 0 saturated carbocycles. The molecule has 1 N–H and O–H groups in total. The molecule has 3 aromatic rings. The van der Waals surface area contributed by atoms with Crippen LogP contribution in [0.25, 0.3) is 0 Å². The van der Waals surface area contributed by atoms with Crippen LogP contribution in [0.4, 0.5) is 5.69 Å². The second-order valence-electron chi connectivity index (χ2n) is 7.90. The Morgan fingerprint density at radius 1 is 1.00 bits per heavy atom. The number of hydrogen-bond donors (Lipinski definition) is 1. The molecule has 3 nitrogen and oxygen atoms in total. The van der Waals surface area contributed by atoms with Crippen molar-refractivity contribution in [3.8, 4) is 0 Å². The van der Waals surface area contributed by atoms with E-state index < -0.39 is 6.10 Å². The maximum Gasteiger partial charge on any atom is 0.258 e. The Labute approximate surface area is 221 Å². The molecular formula is C27H32NO2SY-. The summed E-state index contributed by atoms with van der Waals surface area (Å²) in [6.45, 7) is 2.83. The molecule has 1 heterocycles. The first-order valence-corrected chi connectivity index (χ1v) is 12.1. The normalized spacial score (nSPS) is 11.6. The number of carbonyl (C=O) groups excluding carboxylic acids is 1. The average Bonchev–Trinajstić information content (AvgIpc) is 3.33. The third kappa shape index (κ3) is 8.22.